The molecule has 8 heteroatoms. The van der Waals surface area contributed by atoms with E-state index in [-0.39, 0.29) is 17.3 Å². The minimum absolute atomic E-state index is 0.115. The number of anilines is 1. The van der Waals surface area contributed by atoms with Gasteiger partial charge in [-0.2, -0.15) is 0 Å². The molecule has 0 atom stereocenters. The second-order valence-electron chi connectivity index (χ2n) is 3.80. The maximum atomic E-state index is 11.8. The Bertz CT molecular complexity index is 628. The zero-order chi connectivity index (χ0) is 14.5. The Morgan fingerprint density at radius 1 is 1.20 bits per heavy atom. The molecule has 7 nitrogen and oxygen atoms in total. The summed E-state index contributed by atoms with van der Waals surface area (Å²) in [5.74, 6) is -1.42. The third-order valence-corrected chi connectivity index (χ3v) is 2.48. The second-order valence-corrected chi connectivity index (χ2v) is 4.19. The molecule has 2 rings (SSSR count). The first-order chi connectivity index (χ1) is 9.54. The van der Waals surface area contributed by atoms with Crippen molar-refractivity contribution >= 4 is 29.2 Å². The van der Waals surface area contributed by atoms with E-state index in [4.69, 9.17) is 16.7 Å². The summed E-state index contributed by atoms with van der Waals surface area (Å²) in [7, 11) is 0. The third kappa shape index (κ3) is 3.72. The van der Waals surface area contributed by atoms with Crippen LogP contribution >= 0.6 is 11.6 Å². The lowest BCUT2D eigenvalue weighted by atomic mass is 10.2. The quantitative estimate of drug-likeness (QED) is 0.882. The third-order valence-electron chi connectivity index (χ3n) is 2.28. The summed E-state index contributed by atoms with van der Waals surface area (Å²) in [5, 5.41) is 18.6. The molecule has 1 amide bonds. The van der Waals surface area contributed by atoms with Gasteiger partial charge in [-0.15, -0.1) is 10.2 Å². The normalized spacial score (nSPS) is 10.1. The van der Waals surface area contributed by atoms with Gasteiger partial charge in [-0.25, -0.2) is 0 Å². The summed E-state index contributed by atoms with van der Waals surface area (Å²) in [4.78, 5) is 26.2. The van der Waals surface area contributed by atoms with Crippen molar-refractivity contribution in [1.82, 2.24) is 15.2 Å². The fraction of sp³-hybridized carbons (Fsp3) is 0.0833. The Morgan fingerprint density at radius 3 is 2.55 bits per heavy atom. The molecule has 0 aromatic carbocycles. The molecule has 0 spiro atoms. The highest BCUT2D eigenvalue weighted by Crippen LogP contribution is 2.09. The van der Waals surface area contributed by atoms with Crippen molar-refractivity contribution in [2.75, 3.05) is 5.32 Å². The molecule has 2 heterocycles. The molecule has 20 heavy (non-hydrogen) atoms. The van der Waals surface area contributed by atoms with E-state index >= 15 is 0 Å². The molecule has 0 saturated heterocycles. The van der Waals surface area contributed by atoms with Crippen LogP contribution in [0.4, 0.5) is 5.69 Å². The van der Waals surface area contributed by atoms with Gasteiger partial charge in [-0.05, 0) is 24.3 Å². The molecular formula is C12H9ClN4O3. The predicted molar refractivity (Wildman–Crippen MR) is 70.6 cm³/mol. The van der Waals surface area contributed by atoms with Crippen LogP contribution in [0.25, 0.3) is 0 Å². The van der Waals surface area contributed by atoms with Crippen molar-refractivity contribution in [3.63, 3.8) is 0 Å². The van der Waals surface area contributed by atoms with E-state index in [2.05, 4.69) is 20.5 Å². The zero-order valence-corrected chi connectivity index (χ0v) is 10.8. The van der Waals surface area contributed by atoms with Crippen molar-refractivity contribution in [2.45, 2.75) is 6.42 Å². The average Bonchev–Trinajstić information content (AvgIpc) is 2.41. The highest BCUT2D eigenvalue weighted by atomic mass is 35.5. The molecule has 0 bridgehead atoms. The molecule has 0 aliphatic rings. The topological polar surface area (TPSA) is 105 Å². The molecule has 2 aromatic heterocycles. The van der Waals surface area contributed by atoms with Crippen molar-refractivity contribution in [3.05, 3.63) is 47.0 Å². The first-order valence-corrected chi connectivity index (χ1v) is 5.89. The van der Waals surface area contributed by atoms with Crippen molar-refractivity contribution in [3.8, 4) is 0 Å². The zero-order valence-electron chi connectivity index (χ0n) is 10.1. The van der Waals surface area contributed by atoms with E-state index < -0.39 is 11.9 Å². The maximum Gasteiger partial charge on any atom is 0.309 e. The van der Waals surface area contributed by atoms with Gasteiger partial charge < -0.3 is 10.4 Å². The Morgan fingerprint density at radius 2 is 2.00 bits per heavy atom. The van der Waals surface area contributed by atoms with Crippen LogP contribution in [-0.2, 0) is 11.2 Å². The molecule has 0 radical (unpaired) electrons. The fourth-order valence-corrected chi connectivity index (χ4v) is 1.49. The molecule has 0 aliphatic heterocycles. The SMILES string of the molecule is O=C(O)Cc1ccc(NC(=O)c2ccc(Cl)nn2)cn1. The fourth-order valence-electron chi connectivity index (χ4n) is 1.39. The number of carboxylic acid groups (broad SMARTS) is 1. The molecule has 0 aliphatic carbocycles. The summed E-state index contributed by atoms with van der Waals surface area (Å²) in [6.07, 6.45) is 1.20. The van der Waals surface area contributed by atoms with E-state index in [1.165, 1.54) is 24.4 Å². The summed E-state index contributed by atoms with van der Waals surface area (Å²) in [6.45, 7) is 0. The van der Waals surface area contributed by atoms with Crippen LogP contribution in [0, 0.1) is 0 Å². The van der Waals surface area contributed by atoms with E-state index in [0.717, 1.165) is 0 Å². The first-order valence-electron chi connectivity index (χ1n) is 5.52. The number of amides is 1. The number of halogens is 1. The lowest BCUT2D eigenvalue weighted by molar-refractivity contribution is -0.136. The molecule has 102 valence electrons. The molecule has 2 aromatic rings. The molecular weight excluding hydrogens is 284 g/mol. The van der Waals surface area contributed by atoms with E-state index in [1.54, 1.807) is 6.07 Å². The number of aromatic nitrogens is 3. The van der Waals surface area contributed by atoms with Gasteiger partial charge in [0.2, 0.25) is 0 Å². The van der Waals surface area contributed by atoms with Gasteiger partial charge in [0.15, 0.2) is 10.8 Å². The number of nitrogens with zero attached hydrogens (tertiary/aromatic N) is 3. The number of hydrogen-bond donors (Lipinski definition) is 2. The number of aliphatic carboxylic acids is 1. The molecule has 0 saturated carbocycles. The predicted octanol–water partition coefficient (Wildman–Crippen LogP) is 1.40. The van der Waals surface area contributed by atoms with Crippen molar-refractivity contribution in [2.24, 2.45) is 0 Å². The molecule has 0 fully saturated rings. The Hall–Kier alpha value is -2.54. The van der Waals surface area contributed by atoms with E-state index in [0.29, 0.717) is 11.4 Å². The van der Waals surface area contributed by atoms with Gasteiger partial charge >= 0.3 is 5.97 Å². The Balaban J connectivity index is 2.04. The monoisotopic (exact) mass is 292 g/mol. The summed E-state index contributed by atoms with van der Waals surface area (Å²) < 4.78 is 0. The van der Waals surface area contributed by atoms with Crippen LogP contribution < -0.4 is 5.32 Å². The second kappa shape index (κ2) is 6.07. The van der Waals surface area contributed by atoms with Gasteiger partial charge in [0.05, 0.1) is 24.0 Å². The van der Waals surface area contributed by atoms with Gasteiger partial charge in [-0.3, -0.25) is 14.6 Å². The van der Waals surface area contributed by atoms with Gasteiger partial charge in [-0.1, -0.05) is 11.6 Å². The Kier molecular flexibility index (Phi) is 4.21. The van der Waals surface area contributed by atoms with Crippen molar-refractivity contribution in [1.29, 1.82) is 0 Å². The smallest absolute Gasteiger partial charge is 0.309 e. The number of carbonyl (C=O) groups excluding carboxylic acids is 1. The molecule has 0 unspecified atom stereocenters. The van der Waals surface area contributed by atoms with Crippen LogP contribution in [0.5, 0.6) is 0 Å². The number of pyridine rings is 1. The van der Waals surface area contributed by atoms with Crippen LogP contribution in [0.2, 0.25) is 5.15 Å². The summed E-state index contributed by atoms with van der Waals surface area (Å²) in [6, 6.07) is 5.98. The lowest BCUT2D eigenvalue weighted by Gasteiger charge is -2.04. The number of carbonyl (C=O) groups is 2. The highest BCUT2D eigenvalue weighted by Gasteiger charge is 2.09. The van der Waals surface area contributed by atoms with Gasteiger partial charge in [0.1, 0.15) is 0 Å². The van der Waals surface area contributed by atoms with E-state index in [9.17, 15) is 9.59 Å². The standard InChI is InChI=1S/C12H9ClN4O3/c13-10-4-3-9(16-17-10)12(20)15-8-2-1-7(14-6-8)5-11(18)19/h1-4,6H,5H2,(H,15,20)(H,18,19). The summed E-state index contributed by atoms with van der Waals surface area (Å²) in [5.41, 5.74) is 0.951. The maximum absolute atomic E-state index is 11.8. The van der Waals surface area contributed by atoms with Crippen LogP contribution in [0.3, 0.4) is 0 Å². The number of hydrogen-bond acceptors (Lipinski definition) is 5. The van der Waals surface area contributed by atoms with Crippen LogP contribution in [0.15, 0.2) is 30.5 Å². The number of nitrogens with one attached hydrogen (secondary N) is 1. The largest absolute Gasteiger partial charge is 0.481 e. The van der Waals surface area contributed by atoms with Crippen LogP contribution in [-0.4, -0.2) is 32.2 Å². The average molecular weight is 293 g/mol. The highest BCUT2D eigenvalue weighted by molar-refractivity contribution is 6.29. The number of carboxylic acids is 1. The lowest BCUT2D eigenvalue weighted by Crippen LogP contribution is -2.14. The Labute approximate surface area is 118 Å². The van der Waals surface area contributed by atoms with Gasteiger partial charge in [0.25, 0.3) is 5.91 Å². The molecule has 2 N–H and O–H groups in total. The minimum Gasteiger partial charge on any atom is -0.481 e. The number of rotatable bonds is 4. The first kappa shape index (κ1) is 13.9. The summed E-state index contributed by atoms with van der Waals surface area (Å²) >= 11 is 5.57. The minimum atomic E-state index is -0.967. The van der Waals surface area contributed by atoms with Gasteiger partial charge in [0, 0.05) is 0 Å². The van der Waals surface area contributed by atoms with Crippen LogP contribution in [0.1, 0.15) is 16.2 Å². The van der Waals surface area contributed by atoms with Crippen molar-refractivity contribution < 1.29 is 14.7 Å². The van der Waals surface area contributed by atoms with E-state index in [1.807, 2.05) is 0 Å².